The van der Waals surface area contributed by atoms with Crippen LogP contribution in [0, 0.1) is 0 Å². The minimum atomic E-state index is -0.143. The number of carbonyl (C=O) groups excluding carboxylic acids is 2. The van der Waals surface area contributed by atoms with Crippen molar-refractivity contribution >= 4 is 51.3 Å². The Hall–Kier alpha value is -2.09. The Morgan fingerprint density at radius 2 is 1.85 bits per heavy atom. The maximum atomic E-state index is 13.3. The maximum Gasteiger partial charge on any atom is 0.265 e. The molecular formula is C26H33BrN3O2S+. The first-order chi connectivity index (χ1) is 16.0. The topological polar surface area (TPSA) is 53.9 Å². The fourth-order valence-electron chi connectivity index (χ4n) is 4.01. The number of quaternary nitrogens is 1. The first-order valence-electron chi connectivity index (χ1n) is 11.7. The number of anilines is 1. The van der Waals surface area contributed by atoms with E-state index in [9.17, 15) is 9.59 Å². The van der Waals surface area contributed by atoms with E-state index in [2.05, 4.69) is 35.1 Å². The number of para-hydroxylation sites is 1. The molecule has 33 heavy (non-hydrogen) atoms. The van der Waals surface area contributed by atoms with Crippen LogP contribution < -0.4 is 15.1 Å². The first-order valence-corrected chi connectivity index (χ1v) is 13.3. The predicted molar refractivity (Wildman–Crippen MR) is 141 cm³/mol. The third-order valence-electron chi connectivity index (χ3n) is 5.52. The third kappa shape index (κ3) is 7.45. The van der Waals surface area contributed by atoms with Crippen LogP contribution >= 0.6 is 27.7 Å². The lowest BCUT2D eigenvalue weighted by molar-refractivity contribution is -0.900. The van der Waals surface area contributed by atoms with Crippen LogP contribution in [0.25, 0.3) is 6.08 Å². The molecule has 1 aliphatic rings. The van der Waals surface area contributed by atoms with Gasteiger partial charge >= 0.3 is 0 Å². The van der Waals surface area contributed by atoms with Crippen molar-refractivity contribution in [3.8, 4) is 0 Å². The molecule has 2 aromatic rings. The SMILES string of the molecule is CCC[NH+](CCC)CCCNC(=O)CN1C(=O)C(=Cc2cccc(Br)c2)Sc2ccccc21. The molecule has 0 aliphatic carbocycles. The molecule has 5 nitrogen and oxygen atoms in total. The molecule has 3 rings (SSSR count). The molecule has 1 aliphatic heterocycles. The number of fused-ring (bicyclic) bond motifs is 1. The molecule has 0 spiro atoms. The molecule has 2 N–H and O–H groups in total. The lowest BCUT2D eigenvalue weighted by Crippen LogP contribution is -3.12. The van der Waals surface area contributed by atoms with Crippen molar-refractivity contribution in [3.05, 3.63) is 63.5 Å². The number of nitrogens with zero attached hydrogens (tertiary/aromatic N) is 1. The van der Waals surface area contributed by atoms with Crippen LogP contribution in [0.2, 0.25) is 0 Å². The van der Waals surface area contributed by atoms with Crippen molar-refractivity contribution in [3.63, 3.8) is 0 Å². The Morgan fingerprint density at radius 3 is 2.58 bits per heavy atom. The molecule has 1 heterocycles. The van der Waals surface area contributed by atoms with Crippen LogP contribution in [0.1, 0.15) is 38.7 Å². The number of hydrogen-bond donors (Lipinski definition) is 2. The predicted octanol–water partition coefficient (Wildman–Crippen LogP) is 4.14. The lowest BCUT2D eigenvalue weighted by Gasteiger charge is -2.29. The number of thioether (sulfide) groups is 1. The van der Waals surface area contributed by atoms with Gasteiger partial charge in [0.15, 0.2) is 0 Å². The summed E-state index contributed by atoms with van der Waals surface area (Å²) in [7, 11) is 0. The second-order valence-electron chi connectivity index (χ2n) is 8.23. The van der Waals surface area contributed by atoms with Gasteiger partial charge in [0.25, 0.3) is 5.91 Å². The number of rotatable bonds is 11. The standard InChI is InChI=1S/C26H32BrN3O2S/c1-3-14-29(15-4-2)16-8-13-28-25(31)19-30-22-11-5-6-12-23(22)33-24(26(30)32)18-20-9-7-10-21(27)17-20/h5-7,9-12,17-18H,3-4,8,13-16,19H2,1-2H3,(H,28,31)/p+1. The molecule has 0 bridgehead atoms. The summed E-state index contributed by atoms with van der Waals surface area (Å²) in [6.07, 6.45) is 5.17. The molecule has 0 unspecified atom stereocenters. The van der Waals surface area contributed by atoms with Crippen molar-refractivity contribution in [1.29, 1.82) is 0 Å². The van der Waals surface area contributed by atoms with Crippen molar-refractivity contribution in [2.24, 2.45) is 0 Å². The number of amides is 2. The smallest absolute Gasteiger partial charge is 0.265 e. The van der Waals surface area contributed by atoms with E-state index < -0.39 is 0 Å². The fraction of sp³-hybridized carbons (Fsp3) is 0.385. The summed E-state index contributed by atoms with van der Waals surface area (Å²) in [4.78, 5) is 30.8. The molecule has 0 atom stereocenters. The van der Waals surface area contributed by atoms with Gasteiger partial charge in [-0.15, -0.1) is 0 Å². The van der Waals surface area contributed by atoms with Crippen LogP contribution in [-0.4, -0.2) is 44.5 Å². The lowest BCUT2D eigenvalue weighted by atomic mass is 10.2. The Labute approximate surface area is 209 Å². The summed E-state index contributed by atoms with van der Waals surface area (Å²) in [5.74, 6) is -0.269. The zero-order valence-electron chi connectivity index (χ0n) is 19.4. The van der Waals surface area contributed by atoms with Gasteiger partial charge < -0.3 is 10.2 Å². The average Bonchev–Trinajstić information content (AvgIpc) is 2.80. The summed E-state index contributed by atoms with van der Waals surface area (Å²) < 4.78 is 0.958. The van der Waals surface area contributed by atoms with E-state index in [-0.39, 0.29) is 18.4 Å². The normalized spacial score (nSPS) is 14.6. The van der Waals surface area contributed by atoms with Crippen molar-refractivity contribution in [2.75, 3.05) is 37.6 Å². The van der Waals surface area contributed by atoms with Gasteiger partial charge in [0.2, 0.25) is 5.91 Å². The molecule has 0 fully saturated rings. The van der Waals surface area contributed by atoms with Crippen LogP contribution in [0.4, 0.5) is 5.69 Å². The zero-order chi connectivity index (χ0) is 23.6. The van der Waals surface area contributed by atoms with Gasteiger partial charge in [-0.2, -0.15) is 0 Å². The molecule has 7 heteroatoms. The molecule has 176 valence electrons. The average molecular weight is 532 g/mol. The van der Waals surface area contributed by atoms with Crippen LogP contribution in [-0.2, 0) is 9.59 Å². The number of halogens is 1. The first kappa shape index (κ1) is 25.5. The molecule has 0 aromatic heterocycles. The number of hydrogen-bond acceptors (Lipinski definition) is 3. The molecule has 0 saturated carbocycles. The van der Waals surface area contributed by atoms with E-state index in [1.165, 1.54) is 37.7 Å². The van der Waals surface area contributed by atoms with E-state index in [0.29, 0.717) is 11.4 Å². The Morgan fingerprint density at radius 1 is 1.09 bits per heavy atom. The minimum Gasteiger partial charge on any atom is -0.354 e. The second kappa shape index (κ2) is 13.0. The van der Waals surface area contributed by atoms with E-state index in [4.69, 9.17) is 0 Å². The minimum absolute atomic E-state index is 0.0206. The molecule has 2 aromatic carbocycles. The van der Waals surface area contributed by atoms with Crippen molar-refractivity contribution in [2.45, 2.75) is 38.0 Å². The van der Waals surface area contributed by atoms with Gasteiger partial charge in [-0.1, -0.05) is 65.8 Å². The Kier molecular flexibility index (Phi) is 10.0. The zero-order valence-corrected chi connectivity index (χ0v) is 21.8. The maximum absolute atomic E-state index is 13.3. The quantitative estimate of drug-likeness (QED) is 0.339. The van der Waals surface area contributed by atoms with Gasteiger partial charge in [0.1, 0.15) is 6.54 Å². The Bertz CT molecular complexity index is 989. The summed E-state index contributed by atoms with van der Waals surface area (Å²) >= 11 is 4.93. The fourth-order valence-corrected chi connectivity index (χ4v) is 5.49. The van der Waals surface area contributed by atoms with Crippen molar-refractivity contribution in [1.82, 2.24) is 5.32 Å². The molecular weight excluding hydrogens is 498 g/mol. The highest BCUT2D eigenvalue weighted by Gasteiger charge is 2.30. The van der Waals surface area contributed by atoms with Crippen LogP contribution in [0.15, 0.2) is 62.8 Å². The highest BCUT2D eigenvalue weighted by Crippen LogP contribution is 2.41. The third-order valence-corrected chi connectivity index (χ3v) is 7.09. The summed E-state index contributed by atoms with van der Waals surface area (Å²) in [6, 6.07) is 15.6. The summed E-state index contributed by atoms with van der Waals surface area (Å²) in [6.45, 7) is 8.48. The van der Waals surface area contributed by atoms with Crippen LogP contribution in [0.3, 0.4) is 0 Å². The highest BCUT2D eigenvalue weighted by atomic mass is 79.9. The summed E-state index contributed by atoms with van der Waals surface area (Å²) in [5.41, 5.74) is 1.73. The number of carbonyl (C=O) groups is 2. The van der Waals surface area contributed by atoms with Crippen molar-refractivity contribution < 1.29 is 14.5 Å². The molecule has 2 amide bonds. The monoisotopic (exact) mass is 530 g/mol. The van der Waals surface area contributed by atoms with Gasteiger partial charge in [-0.05, 0) is 48.7 Å². The highest BCUT2D eigenvalue weighted by molar-refractivity contribution is 9.10. The van der Waals surface area contributed by atoms with E-state index in [1.54, 1.807) is 9.80 Å². The van der Waals surface area contributed by atoms with Gasteiger partial charge in [0.05, 0.1) is 30.2 Å². The second-order valence-corrected chi connectivity index (χ2v) is 10.2. The van der Waals surface area contributed by atoms with Crippen LogP contribution in [0.5, 0.6) is 0 Å². The van der Waals surface area contributed by atoms with Gasteiger partial charge in [0, 0.05) is 22.3 Å². The largest absolute Gasteiger partial charge is 0.354 e. The van der Waals surface area contributed by atoms with Gasteiger partial charge in [-0.3, -0.25) is 14.5 Å². The Balaban J connectivity index is 1.65. The molecule has 0 saturated heterocycles. The van der Waals surface area contributed by atoms with E-state index in [1.807, 2.05) is 54.6 Å². The summed E-state index contributed by atoms with van der Waals surface area (Å²) in [5, 5.41) is 3.01. The van der Waals surface area contributed by atoms with E-state index in [0.717, 1.165) is 33.6 Å². The number of benzene rings is 2. The number of nitrogens with one attached hydrogen (secondary N) is 2. The van der Waals surface area contributed by atoms with E-state index >= 15 is 0 Å². The van der Waals surface area contributed by atoms with Gasteiger partial charge in [-0.25, -0.2) is 0 Å². The molecule has 0 radical (unpaired) electrons.